The van der Waals surface area contributed by atoms with E-state index in [9.17, 15) is 4.79 Å². The van der Waals surface area contributed by atoms with Gasteiger partial charge in [0.15, 0.2) is 0 Å². The van der Waals surface area contributed by atoms with Crippen LogP contribution in [-0.4, -0.2) is 17.4 Å². The fourth-order valence-electron chi connectivity index (χ4n) is 2.01. The maximum Gasteiger partial charge on any atom is 0.267 e. The summed E-state index contributed by atoms with van der Waals surface area (Å²) < 4.78 is 0. The molecule has 1 aromatic rings. The predicted octanol–water partition coefficient (Wildman–Crippen LogP) is 2.78. The highest BCUT2D eigenvalue weighted by molar-refractivity contribution is 5.91. The summed E-state index contributed by atoms with van der Waals surface area (Å²) in [5.74, 6) is -0.0138. The topological polar surface area (TPSA) is 94.0 Å². The predicted molar refractivity (Wildman–Crippen MR) is 83.6 cm³/mol. The van der Waals surface area contributed by atoms with E-state index in [0.29, 0.717) is 11.5 Å². The third-order valence-electron chi connectivity index (χ3n) is 3.37. The molecule has 0 aliphatic rings. The number of rotatable bonds is 8. The van der Waals surface area contributed by atoms with Crippen LogP contribution in [0.1, 0.15) is 56.9 Å². The first kappa shape index (κ1) is 16.3. The lowest BCUT2D eigenvalue weighted by Gasteiger charge is -2.25. The Hall–Kier alpha value is -1.78. The van der Waals surface area contributed by atoms with Crippen molar-refractivity contribution in [1.82, 2.24) is 4.98 Å². The first-order valence-corrected chi connectivity index (χ1v) is 7.16. The normalized spacial score (nSPS) is 11.3. The zero-order valence-electron chi connectivity index (χ0n) is 12.7. The average molecular weight is 278 g/mol. The number of carbonyl (C=O) groups excluding carboxylic acids is 1. The molecule has 5 heteroatoms. The number of carbonyl (C=O) groups is 1. The summed E-state index contributed by atoms with van der Waals surface area (Å²) in [5.41, 5.74) is 12.0. The molecule has 5 nitrogen and oxygen atoms in total. The Kier molecular flexibility index (Phi) is 5.80. The van der Waals surface area contributed by atoms with Crippen LogP contribution < -0.4 is 16.8 Å². The highest BCUT2D eigenvalue weighted by Crippen LogP contribution is 2.25. The number of amides is 1. The van der Waals surface area contributed by atoms with Gasteiger partial charge in [0.2, 0.25) is 0 Å². The first-order chi connectivity index (χ1) is 9.35. The van der Waals surface area contributed by atoms with E-state index < -0.39 is 5.91 Å². The summed E-state index contributed by atoms with van der Waals surface area (Å²) in [7, 11) is 0. The molecule has 1 rings (SSSR count). The molecule has 0 fully saturated rings. The quantitative estimate of drug-likeness (QED) is 0.637. The maximum atomic E-state index is 11.1. The number of primary amides is 1. The van der Waals surface area contributed by atoms with Gasteiger partial charge in [0.25, 0.3) is 5.91 Å². The lowest BCUT2D eigenvalue weighted by atomic mass is 9.87. The fraction of sp³-hybridized carbons (Fsp3) is 0.600. The molecule has 1 aromatic heterocycles. The molecule has 0 saturated carbocycles. The van der Waals surface area contributed by atoms with E-state index in [1.165, 1.54) is 25.3 Å². The van der Waals surface area contributed by atoms with E-state index in [2.05, 4.69) is 31.1 Å². The Morgan fingerprint density at radius 2 is 2.05 bits per heavy atom. The van der Waals surface area contributed by atoms with Crippen LogP contribution in [0.15, 0.2) is 12.1 Å². The van der Waals surface area contributed by atoms with E-state index >= 15 is 0 Å². The molecule has 0 spiro atoms. The van der Waals surface area contributed by atoms with Crippen molar-refractivity contribution in [1.29, 1.82) is 0 Å². The summed E-state index contributed by atoms with van der Waals surface area (Å²) in [5, 5.41) is 3.23. The molecule has 0 saturated heterocycles. The molecule has 0 aliphatic carbocycles. The summed E-state index contributed by atoms with van der Waals surface area (Å²) in [4.78, 5) is 15.3. The molecule has 1 amide bonds. The maximum absolute atomic E-state index is 11.1. The third-order valence-corrected chi connectivity index (χ3v) is 3.37. The van der Waals surface area contributed by atoms with Crippen LogP contribution in [0.25, 0.3) is 0 Å². The Labute approximate surface area is 121 Å². The minimum Gasteiger partial charge on any atom is -0.396 e. The number of nitrogens with one attached hydrogen (secondary N) is 1. The SMILES string of the molecule is CCCCCC(C)(C)CNc1nc(C(N)=O)ccc1N. The molecule has 0 atom stereocenters. The van der Waals surface area contributed by atoms with Gasteiger partial charge >= 0.3 is 0 Å². The van der Waals surface area contributed by atoms with Gasteiger partial charge in [-0.25, -0.2) is 4.98 Å². The Balaban J connectivity index is 2.64. The summed E-state index contributed by atoms with van der Waals surface area (Å²) in [6.45, 7) is 7.38. The van der Waals surface area contributed by atoms with Crippen molar-refractivity contribution in [2.45, 2.75) is 46.5 Å². The van der Waals surface area contributed by atoms with Crippen molar-refractivity contribution in [2.75, 3.05) is 17.6 Å². The van der Waals surface area contributed by atoms with E-state index in [4.69, 9.17) is 11.5 Å². The van der Waals surface area contributed by atoms with Gasteiger partial charge in [-0.15, -0.1) is 0 Å². The van der Waals surface area contributed by atoms with Crippen LogP contribution in [0, 0.1) is 5.41 Å². The number of hydrogen-bond acceptors (Lipinski definition) is 4. The van der Waals surface area contributed by atoms with E-state index in [0.717, 1.165) is 13.0 Å². The van der Waals surface area contributed by atoms with Crippen molar-refractivity contribution >= 4 is 17.4 Å². The summed E-state index contributed by atoms with van der Waals surface area (Å²) in [6, 6.07) is 3.19. The minimum absolute atomic E-state index is 0.159. The second-order valence-electron chi connectivity index (χ2n) is 5.97. The van der Waals surface area contributed by atoms with Crippen LogP contribution in [0.4, 0.5) is 11.5 Å². The molecule has 1 heterocycles. The molecule has 0 aliphatic heterocycles. The van der Waals surface area contributed by atoms with Gasteiger partial charge in [0.1, 0.15) is 11.5 Å². The molecule has 0 bridgehead atoms. The van der Waals surface area contributed by atoms with E-state index in [1.807, 2.05) is 0 Å². The monoisotopic (exact) mass is 278 g/mol. The largest absolute Gasteiger partial charge is 0.396 e. The van der Waals surface area contributed by atoms with Crippen LogP contribution in [0.5, 0.6) is 0 Å². The molecule has 0 radical (unpaired) electrons. The molecule has 5 N–H and O–H groups in total. The average Bonchev–Trinajstić information content (AvgIpc) is 2.37. The van der Waals surface area contributed by atoms with Crippen molar-refractivity contribution < 1.29 is 4.79 Å². The number of nitrogen functional groups attached to an aromatic ring is 1. The number of anilines is 2. The van der Waals surface area contributed by atoms with Gasteiger partial charge in [-0.2, -0.15) is 0 Å². The van der Waals surface area contributed by atoms with E-state index in [1.54, 1.807) is 6.07 Å². The van der Waals surface area contributed by atoms with Crippen molar-refractivity contribution in [2.24, 2.45) is 11.1 Å². The molecule has 0 unspecified atom stereocenters. The zero-order chi connectivity index (χ0) is 15.2. The second kappa shape index (κ2) is 7.12. The Bertz CT molecular complexity index is 457. The lowest BCUT2D eigenvalue weighted by molar-refractivity contribution is 0.0996. The van der Waals surface area contributed by atoms with Crippen molar-refractivity contribution in [3.8, 4) is 0 Å². The molecular weight excluding hydrogens is 252 g/mol. The van der Waals surface area contributed by atoms with Gasteiger partial charge < -0.3 is 16.8 Å². The zero-order valence-corrected chi connectivity index (χ0v) is 12.7. The van der Waals surface area contributed by atoms with Gasteiger partial charge in [-0.05, 0) is 24.0 Å². The van der Waals surface area contributed by atoms with Crippen molar-refractivity contribution in [3.05, 3.63) is 17.8 Å². The smallest absolute Gasteiger partial charge is 0.267 e. The number of pyridine rings is 1. The number of nitrogens with two attached hydrogens (primary N) is 2. The van der Waals surface area contributed by atoms with Crippen LogP contribution >= 0.6 is 0 Å². The third kappa shape index (κ3) is 5.07. The lowest BCUT2D eigenvalue weighted by Crippen LogP contribution is -2.24. The van der Waals surface area contributed by atoms with Crippen LogP contribution in [-0.2, 0) is 0 Å². The number of hydrogen-bond donors (Lipinski definition) is 3. The number of aromatic nitrogens is 1. The van der Waals surface area contributed by atoms with Gasteiger partial charge in [-0.3, -0.25) is 4.79 Å². The molecule has 112 valence electrons. The molecular formula is C15H26N4O. The Morgan fingerprint density at radius 1 is 1.35 bits per heavy atom. The van der Waals surface area contributed by atoms with Crippen LogP contribution in [0.2, 0.25) is 0 Å². The number of unbranched alkanes of at least 4 members (excludes halogenated alkanes) is 2. The Morgan fingerprint density at radius 3 is 2.65 bits per heavy atom. The van der Waals surface area contributed by atoms with E-state index in [-0.39, 0.29) is 11.1 Å². The van der Waals surface area contributed by atoms with Gasteiger partial charge in [0, 0.05) is 6.54 Å². The first-order valence-electron chi connectivity index (χ1n) is 7.16. The second-order valence-corrected chi connectivity index (χ2v) is 5.97. The standard InChI is InChI=1S/C15H26N4O/c1-4-5-6-9-15(2,3)10-18-14-11(16)7-8-12(19-14)13(17)20/h7-8H,4-6,9-10,16H2,1-3H3,(H2,17,20)(H,18,19). The minimum atomic E-state index is -0.546. The number of nitrogens with zero attached hydrogens (tertiary/aromatic N) is 1. The van der Waals surface area contributed by atoms with Gasteiger partial charge in [-0.1, -0.05) is 40.0 Å². The van der Waals surface area contributed by atoms with Crippen LogP contribution in [0.3, 0.4) is 0 Å². The molecule has 0 aromatic carbocycles. The van der Waals surface area contributed by atoms with Gasteiger partial charge in [0.05, 0.1) is 5.69 Å². The summed E-state index contributed by atoms with van der Waals surface area (Å²) >= 11 is 0. The highest BCUT2D eigenvalue weighted by Gasteiger charge is 2.18. The fourth-order valence-corrected chi connectivity index (χ4v) is 2.01. The molecule has 20 heavy (non-hydrogen) atoms. The summed E-state index contributed by atoms with van der Waals surface area (Å²) in [6.07, 6.45) is 4.83. The highest BCUT2D eigenvalue weighted by atomic mass is 16.1. The van der Waals surface area contributed by atoms with Crippen molar-refractivity contribution in [3.63, 3.8) is 0 Å².